The van der Waals surface area contributed by atoms with Crippen molar-refractivity contribution < 1.29 is 13.9 Å². The molecule has 3 aromatic rings. The molecule has 5 heteroatoms. The number of methoxy groups -OCH3 is 1. The minimum absolute atomic E-state index is 0.137. The van der Waals surface area contributed by atoms with Crippen molar-refractivity contribution in [3.63, 3.8) is 0 Å². The highest BCUT2D eigenvalue weighted by Gasteiger charge is 2.42. The van der Waals surface area contributed by atoms with E-state index < -0.39 is 6.04 Å². The van der Waals surface area contributed by atoms with E-state index in [1.807, 2.05) is 50.2 Å². The van der Waals surface area contributed by atoms with Crippen LogP contribution in [0.2, 0.25) is 0 Å². The zero-order chi connectivity index (χ0) is 19.1. The standard InChI is InChI=1S/C22H21NO4/c1-13-4-7-15(8-5-13)19-18-20(24)16-12-14(2)6-9-17(16)27-21(18)22(25)23(19)10-11-26-3/h4-9,12,19H,10-11H2,1-3H3/t19-/m0/s1. The number of benzene rings is 2. The Bertz CT molecular complexity index is 1080. The predicted molar refractivity (Wildman–Crippen MR) is 103 cm³/mol. The molecule has 0 bridgehead atoms. The maximum absolute atomic E-state index is 13.3. The molecule has 5 nitrogen and oxygen atoms in total. The number of aryl methyl sites for hydroxylation is 2. The van der Waals surface area contributed by atoms with Gasteiger partial charge in [-0.15, -0.1) is 0 Å². The highest BCUT2D eigenvalue weighted by atomic mass is 16.5. The molecule has 1 aliphatic heterocycles. The lowest BCUT2D eigenvalue weighted by Crippen LogP contribution is -2.32. The summed E-state index contributed by atoms with van der Waals surface area (Å²) in [5.74, 6) is -0.134. The lowest BCUT2D eigenvalue weighted by molar-refractivity contribution is 0.0663. The summed E-state index contributed by atoms with van der Waals surface area (Å²) in [4.78, 5) is 28.0. The molecule has 0 saturated heterocycles. The van der Waals surface area contributed by atoms with Crippen LogP contribution in [0.5, 0.6) is 0 Å². The zero-order valence-electron chi connectivity index (χ0n) is 15.6. The lowest BCUT2D eigenvalue weighted by Gasteiger charge is -2.24. The van der Waals surface area contributed by atoms with Crippen molar-refractivity contribution in [1.29, 1.82) is 0 Å². The second-order valence-corrected chi connectivity index (χ2v) is 6.98. The number of nitrogens with zero attached hydrogens (tertiary/aromatic N) is 1. The van der Waals surface area contributed by atoms with Gasteiger partial charge in [0.05, 0.1) is 23.6 Å². The van der Waals surface area contributed by atoms with Crippen LogP contribution < -0.4 is 5.43 Å². The van der Waals surface area contributed by atoms with Crippen molar-refractivity contribution >= 4 is 16.9 Å². The van der Waals surface area contributed by atoms with E-state index in [2.05, 4.69) is 0 Å². The second-order valence-electron chi connectivity index (χ2n) is 6.98. The molecule has 0 saturated carbocycles. The Hall–Kier alpha value is -2.92. The van der Waals surface area contributed by atoms with Gasteiger partial charge in [-0.3, -0.25) is 9.59 Å². The summed E-state index contributed by atoms with van der Waals surface area (Å²) >= 11 is 0. The number of hydrogen-bond acceptors (Lipinski definition) is 4. The lowest BCUT2D eigenvalue weighted by atomic mass is 9.97. The van der Waals surface area contributed by atoms with E-state index in [-0.39, 0.29) is 17.1 Å². The average molecular weight is 363 g/mol. The number of fused-ring (bicyclic) bond motifs is 2. The molecule has 0 fully saturated rings. The Morgan fingerprint density at radius 3 is 2.44 bits per heavy atom. The molecule has 27 heavy (non-hydrogen) atoms. The van der Waals surface area contributed by atoms with Gasteiger partial charge in [-0.1, -0.05) is 41.5 Å². The van der Waals surface area contributed by atoms with Gasteiger partial charge in [0.1, 0.15) is 5.58 Å². The van der Waals surface area contributed by atoms with Crippen molar-refractivity contribution in [2.45, 2.75) is 19.9 Å². The number of amides is 1. The molecule has 1 aliphatic rings. The third-order valence-electron chi connectivity index (χ3n) is 5.05. The summed E-state index contributed by atoms with van der Waals surface area (Å²) in [6.45, 7) is 4.70. The molecule has 0 unspecified atom stereocenters. The third-order valence-corrected chi connectivity index (χ3v) is 5.05. The van der Waals surface area contributed by atoms with Crippen LogP contribution in [-0.2, 0) is 4.74 Å². The van der Waals surface area contributed by atoms with Crippen LogP contribution in [0.15, 0.2) is 51.7 Å². The number of carbonyl (C=O) groups is 1. The Morgan fingerprint density at radius 2 is 1.74 bits per heavy atom. The largest absolute Gasteiger partial charge is 0.450 e. The predicted octanol–water partition coefficient (Wildman–Crippen LogP) is 3.60. The van der Waals surface area contributed by atoms with Gasteiger partial charge in [0.15, 0.2) is 5.43 Å². The van der Waals surface area contributed by atoms with E-state index >= 15 is 0 Å². The molecule has 4 rings (SSSR count). The molecular weight excluding hydrogens is 342 g/mol. The summed E-state index contributed by atoms with van der Waals surface area (Å²) < 4.78 is 11.1. The minimum Gasteiger partial charge on any atom is -0.450 e. The van der Waals surface area contributed by atoms with Crippen molar-refractivity contribution in [2.24, 2.45) is 0 Å². The Labute approximate surface area is 157 Å². The number of hydrogen-bond donors (Lipinski definition) is 0. The number of ether oxygens (including phenoxy) is 1. The van der Waals surface area contributed by atoms with Gasteiger partial charge in [0, 0.05) is 13.7 Å². The Kier molecular flexibility index (Phi) is 4.32. The van der Waals surface area contributed by atoms with E-state index in [1.54, 1.807) is 18.1 Å². The van der Waals surface area contributed by atoms with Crippen molar-refractivity contribution in [2.75, 3.05) is 20.3 Å². The fourth-order valence-corrected chi connectivity index (χ4v) is 3.65. The van der Waals surface area contributed by atoms with Crippen LogP contribution in [0.1, 0.15) is 38.9 Å². The maximum atomic E-state index is 13.3. The van der Waals surface area contributed by atoms with E-state index in [0.29, 0.717) is 29.7 Å². The fraction of sp³-hybridized carbons (Fsp3) is 0.273. The highest BCUT2D eigenvalue weighted by Crippen LogP contribution is 2.38. The Balaban J connectivity index is 1.97. The van der Waals surface area contributed by atoms with Crippen LogP contribution in [0.25, 0.3) is 11.0 Å². The first-order chi connectivity index (χ1) is 13.0. The smallest absolute Gasteiger partial charge is 0.290 e. The SMILES string of the molecule is COCCN1C(=O)c2oc3ccc(C)cc3c(=O)c2[C@@H]1c1ccc(C)cc1. The van der Waals surface area contributed by atoms with Crippen LogP contribution in [0, 0.1) is 13.8 Å². The topological polar surface area (TPSA) is 59.8 Å². The quantitative estimate of drug-likeness (QED) is 0.711. The molecular formula is C22H21NO4. The van der Waals surface area contributed by atoms with Crippen molar-refractivity contribution in [3.8, 4) is 0 Å². The van der Waals surface area contributed by atoms with E-state index in [4.69, 9.17) is 9.15 Å². The molecule has 1 aromatic heterocycles. The van der Waals surface area contributed by atoms with Crippen LogP contribution in [0.3, 0.4) is 0 Å². The van der Waals surface area contributed by atoms with E-state index in [9.17, 15) is 9.59 Å². The van der Waals surface area contributed by atoms with E-state index in [1.165, 1.54) is 0 Å². The molecule has 138 valence electrons. The monoisotopic (exact) mass is 363 g/mol. The second kappa shape index (κ2) is 6.67. The van der Waals surface area contributed by atoms with Gasteiger partial charge >= 0.3 is 0 Å². The highest BCUT2D eigenvalue weighted by molar-refractivity contribution is 5.99. The molecule has 0 spiro atoms. The first kappa shape index (κ1) is 17.5. The van der Waals surface area contributed by atoms with E-state index in [0.717, 1.165) is 16.7 Å². The van der Waals surface area contributed by atoms with Gasteiger partial charge in [0.25, 0.3) is 5.91 Å². The molecule has 2 aromatic carbocycles. The summed E-state index contributed by atoms with van der Waals surface area (Å²) in [6, 6.07) is 12.9. The van der Waals surface area contributed by atoms with Gasteiger partial charge in [-0.05, 0) is 31.5 Å². The first-order valence-electron chi connectivity index (χ1n) is 8.95. The van der Waals surface area contributed by atoms with Crippen molar-refractivity contribution in [3.05, 3.63) is 80.7 Å². The summed E-state index contributed by atoms with van der Waals surface area (Å²) in [5.41, 5.74) is 3.69. The van der Waals surface area contributed by atoms with Gasteiger partial charge in [-0.25, -0.2) is 0 Å². The minimum atomic E-state index is -0.468. The van der Waals surface area contributed by atoms with Gasteiger partial charge in [0.2, 0.25) is 5.76 Å². The molecule has 1 amide bonds. The molecule has 2 heterocycles. The summed E-state index contributed by atoms with van der Waals surface area (Å²) in [5, 5.41) is 0.507. The van der Waals surface area contributed by atoms with Gasteiger partial charge in [-0.2, -0.15) is 0 Å². The first-order valence-corrected chi connectivity index (χ1v) is 8.95. The number of rotatable bonds is 4. The summed E-state index contributed by atoms with van der Waals surface area (Å²) in [6.07, 6.45) is 0. The van der Waals surface area contributed by atoms with Gasteiger partial charge < -0.3 is 14.1 Å². The fourth-order valence-electron chi connectivity index (χ4n) is 3.65. The average Bonchev–Trinajstić information content (AvgIpc) is 2.94. The third kappa shape index (κ3) is 2.84. The van der Waals surface area contributed by atoms with Crippen LogP contribution >= 0.6 is 0 Å². The normalized spacial score (nSPS) is 16.2. The van der Waals surface area contributed by atoms with Crippen LogP contribution in [-0.4, -0.2) is 31.1 Å². The summed E-state index contributed by atoms with van der Waals surface area (Å²) in [7, 11) is 1.59. The molecule has 1 atom stereocenters. The molecule has 0 aliphatic carbocycles. The number of carbonyl (C=O) groups excluding carboxylic acids is 1. The van der Waals surface area contributed by atoms with Crippen molar-refractivity contribution in [1.82, 2.24) is 4.90 Å². The zero-order valence-corrected chi connectivity index (χ0v) is 15.6. The maximum Gasteiger partial charge on any atom is 0.290 e. The molecule has 0 radical (unpaired) electrons. The molecule has 0 N–H and O–H groups in total. The Morgan fingerprint density at radius 1 is 1.04 bits per heavy atom. The van der Waals surface area contributed by atoms with Crippen LogP contribution in [0.4, 0.5) is 0 Å².